The second-order valence-electron chi connectivity index (χ2n) is 4.07. The van der Waals surface area contributed by atoms with Gasteiger partial charge in [-0.1, -0.05) is 6.92 Å². The predicted molar refractivity (Wildman–Crippen MR) is 66.2 cm³/mol. The Morgan fingerprint density at radius 1 is 1.35 bits per heavy atom. The number of sulfonamides is 1. The van der Waals surface area contributed by atoms with Crippen LogP contribution in [-0.2, 0) is 10.0 Å². The molecule has 0 aliphatic carbocycles. The molecule has 0 aliphatic heterocycles. The van der Waals surface area contributed by atoms with E-state index >= 15 is 0 Å². The van der Waals surface area contributed by atoms with Crippen LogP contribution < -0.4 is 0 Å². The Kier molecular flexibility index (Phi) is 5.10. The Labute approximate surface area is 103 Å². The third-order valence-electron chi connectivity index (χ3n) is 2.46. The van der Waals surface area contributed by atoms with Crippen molar-refractivity contribution >= 4 is 10.0 Å². The normalized spacial score (nSPS) is 12.5. The predicted octanol–water partition coefficient (Wildman–Crippen LogP) is 0.372. The molecule has 0 fully saturated rings. The van der Waals surface area contributed by atoms with Crippen molar-refractivity contribution in [3.8, 4) is 0 Å². The lowest BCUT2D eigenvalue weighted by molar-refractivity contribution is 0.355. The monoisotopic (exact) mass is 260 g/mol. The smallest absolute Gasteiger partial charge is 0.260 e. The van der Waals surface area contributed by atoms with Crippen molar-refractivity contribution in [2.75, 3.05) is 33.7 Å². The van der Waals surface area contributed by atoms with Gasteiger partial charge in [-0.15, -0.1) is 0 Å². The summed E-state index contributed by atoms with van der Waals surface area (Å²) in [6, 6.07) is 0. The van der Waals surface area contributed by atoms with Crippen LogP contribution in [0.2, 0.25) is 0 Å². The molecule has 0 atom stereocenters. The van der Waals surface area contributed by atoms with Gasteiger partial charge in [-0.2, -0.15) is 4.31 Å². The van der Waals surface area contributed by atoms with Gasteiger partial charge >= 0.3 is 0 Å². The van der Waals surface area contributed by atoms with Crippen molar-refractivity contribution < 1.29 is 8.42 Å². The quantitative estimate of drug-likeness (QED) is 0.769. The van der Waals surface area contributed by atoms with Gasteiger partial charge < -0.3 is 9.88 Å². The number of imidazole rings is 1. The third kappa shape index (κ3) is 3.79. The van der Waals surface area contributed by atoms with E-state index in [0.717, 1.165) is 13.0 Å². The van der Waals surface area contributed by atoms with Crippen molar-refractivity contribution in [1.82, 2.24) is 19.2 Å². The first-order valence-corrected chi connectivity index (χ1v) is 7.05. The standard InChI is InChI=1S/C10H20N4O2S/c1-4-14(7-5-6-13(2)3)17(15,16)10-8-11-9-12-10/h8-9H,4-7H2,1-3H3,(H,11,12). The molecule has 0 aromatic carbocycles. The fourth-order valence-electron chi connectivity index (χ4n) is 1.53. The molecule has 0 unspecified atom stereocenters. The Bertz CT molecular complexity index is 414. The Morgan fingerprint density at radius 2 is 2.06 bits per heavy atom. The highest BCUT2D eigenvalue weighted by Gasteiger charge is 2.23. The highest BCUT2D eigenvalue weighted by Crippen LogP contribution is 2.12. The van der Waals surface area contributed by atoms with E-state index in [2.05, 4.69) is 9.97 Å². The van der Waals surface area contributed by atoms with Crippen LogP contribution in [0.25, 0.3) is 0 Å². The molecule has 1 rings (SSSR count). The van der Waals surface area contributed by atoms with Crippen molar-refractivity contribution in [2.24, 2.45) is 0 Å². The molecular weight excluding hydrogens is 240 g/mol. The number of nitrogens with one attached hydrogen (secondary N) is 1. The van der Waals surface area contributed by atoms with E-state index in [1.807, 2.05) is 25.9 Å². The molecule has 0 spiro atoms. The highest BCUT2D eigenvalue weighted by molar-refractivity contribution is 7.89. The Balaban J connectivity index is 2.67. The summed E-state index contributed by atoms with van der Waals surface area (Å²) < 4.78 is 25.7. The summed E-state index contributed by atoms with van der Waals surface area (Å²) in [5, 5.41) is 0.157. The molecule has 1 N–H and O–H groups in total. The minimum atomic E-state index is -3.41. The molecule has 0 aliphatic rings. The van der Waals surface area contributed by atoms with Gasteiger partial charge in [-0.25, -0.2) is 13.4 Å². The fourth-order valence-corrected chi connectivity index (χ4v) is 2.92. The molecule has 1 heterocycles. The van der Waals surface area contributed by atoms with E-state index in [-0.39, 0.29) is 5.03 Å². The summed E-state index contributed by atoms with van der Waals surface area (Å²) in [7, 11) is 0.535. The van der Waals surface area contributed by atoms with Gasteiger partial charge in [0.25, 0.3) is 10.0 Å². The lowest BCUT2D eigenvalue weighted by Gasteiger charge is -2.20. The number of hydrogen-bond donors (Lipinski definition) is 1. The zero-order valence-electron chi connectivity index (χ0n) is 10.5. The van der Waals surface area contributed by atoms with Gasteiger partial charge in [0.05, 0.1) is 12.5 Å². The van der Waals surface area contributed by atoms with E-state index in [1.54, 1.807) is 0 Å². The zero-order chi connectivity index (χ0) is 12.9. The fraction of sp³-hybridized carbons (Fsp3) is 0.700. The van der Waals surface area contributed by atoms with E-state index in [4.69, 9.17) is 0 Å². The second kappa shape index (κ2) is 6.13. The summed E-state index contributed by atoms with van der Waals surface area (Å²) in [5.41, 5.74) is 0. The number of hydrogen-bond acceptors (Lipinski definition) is 4. The summed E-state index contributed by atoms with van der Waals surface area (Å²) in [5.74, 6) is 0. The number of rotatable bonds is 7. The van der Waals surface area contributed by atoms with E-state index in [9.17, 15) is 8.42 Å². The Hall–Kier alpha value is -0.920. The molecule has 17 heavy (non-hydrogen) atoms. The summed E-state index contributed by atoms with van der Waals surface area (Å²) in [4.78, 5) is 8.42. The molecule has 0 radical (unpaired) electrons. The number of nitrogens with zero attached hydrogens (tertiary/aromatic N) is 3. The molecule has 0 amide bonds. The first-order valence-electron chi connectivity index (χ1n) is 5.61. The highest BCUT2D eigenvalue weighted by atomic mass is 32.2. The summed E-state index contributed by atoms with van der Waals surface area (Å²) in [6.45, 7) is 3.70. The molecule has 7 heteroatoms. The molecule has 6 nitrogen and oxygen atoms in total. The number of aromatic nitrogens is 2. The van der Waals surface area contributed by atoms with Gasteiger partial charge in [0, 0.05) is 13.1 Å². The van der Waals surface area contributed by atoms with Gasteiger partial charge in [-0.05, 0) is 27.1 Å². The topological polar surface area (TPSA) is 69.3 Å². The minimum absolute atomic E-state index is 0.157. The molecule has 0 bridgehead atoms. The van der Waals surface area contributed by atoms with Crippen molar-refractivity contribution in [2.45, 2.75) is 18.4 Å². The average Bonchev–Trinajstić information content (AvgIpc) is 2.77. The molecule has 1 aromatic rings. The number of aromatic amines is 1. The van der Waals surface area contributed by atoms with Crippen LogP contribution in [0.5, 0.6) is 0 Å². The zero-order valence-corrected chi connectivity index (χ0v) is 11.4. The van der Waals surface area contributed by atoms with E-state index < -0.39 is 10.0 Å². The van der Waals surface area contributed by atoms with Gasteiger partial charge in [-0.3, -0.25) is 0 Å². The van der Waals surface area contributed by atoms with Gasteiger partial charge in [0.1, 0.15) is 0 Å². The minimum Gasteiger partial charge on any atom is -0.335 e. The third-order valence-corrected chi connectivity index (χ3v) is 4.36. The molecule has 1 aromatic heterocycles. The van der Waals surface area contributed by atoms with E-state index in [1.165, 1.54) is 16.8 Å². The maximum atomic E-state index is 12.1. The van der Waals surface area contributed by atoms with Crippen molar-refractivity contribution in [3.63, 3.8) is 0 Å². The lowest BCUT2D eigenvalue weighted by atomic mass is 10.4. The SMILES string of the molecule is CCN(CCCN(C)C)S(=O)(=O)c1cnc[nH]1. The van der Waals surface area contributed by atoms with Crippen LogP contribution in [0.3, 0.4) is 0 Å². The van der Waals surface area contributed by atoms with Crippen LogP contribution in [0.1, 0.15) is 13.3 Å². The molecule has 0 saturated heterocycles. The maximum Gasteiger partial charge on any atom is 0.260 e. The molecular formula is C10H20N4O2S. The maximum absolute atomic E-state index is 12.1. The first kappa shape index (κ1) is 14.1. The van der Waals surface area contributed by atoms with Crippen LogP contribution in [0.15, 0.2) is 17.6 Å². The molecule has 0 saturated carbocycles. The van der Waals surface area contributed by atoms with Crippen molar-refractivity contribution in [1.29, 1.82) is 0 Å². The molecule has 98 valence electrons. The van der Waals surface area contributed by atoms with Crippen LogP contribution in [0, 0.1) is 0 Å². The lowest BCUT2D eigenvalue weighted by Crippen LogP contribution is -2.33. The van der Waals surface area contributed by atoms with Crippen LogP contribution in [-0.4, -0.2) is 61.3 Å². The van der Waals surface area contributed by atoms with E-state index in [0.29, 0.717) is 13.1 Å². The van der Waals surface area contributed by atoms with Crippen LogP contribution in [0.4, 0.5) is 0 Å². The summed E-state index contributed by atoms with van der Waals surface area (Å²) >= 11 is 0. The largest absolute Gasteiger partial charge is 0.335 e. The first-order chi connectivity index (χ1) is 7.98. The van der Waals surface area contributed by atoms with Gasteiger partial charge in [0.2, 0.25) is 0 Å². The second-order valence-corrected chi connectivity index (χ2v) is 5.98. The van der Waals surface area contributed by atoms with Gasteiger partial charge in [0.15, 0.2) is 5.03 Å². The summed E-state index contributed by atoms with van der Waals surface area (Å²) in [6.07, 6.45) is 3.53. The average molecular weight is 260 g/mol. The Morgan fingerprint density at radius 3 is 2.53 bits per heavy atom. The number of H-pyrrole nitrogens is 1. The van der Waals surface area contributed by atoms with Crippen molar-refractivity contribution in [3.05, 3.63) is 12.5 Å². The van der Waals surface area contributed by atoms with Crippen LogP contribution >= 0.6 is 0 Å².